The van der Waals surface area contributed by atoms with Crippen molar-refractivity contribution in [1.29, 1.82) is 0 Å². The number of ether oxygens (including phenoxy) is 2. The van der Waals surface area contributed by atoms with Gasteiger partial charge in [-0.05, 0) is 31.5 Å². The highest BCUT2D eigenvalue weighted by Gasteiger charge is 2.23. The number of nitrogens with one attached hydrogen (secondary N) is 1. The van der Waals surface area contributed by atoms with Crippen molar-refractivity contribution in [3.05, 3.63) is 66.3 Å². The average molecular weight is 534 g/mol. The van der Waals surface area contributed by atoms with Crippen molar-refractivity contribution in [2.75, 3.05) is 32.7 Å². The zero-order valence-corrected chi connectivity index (χ0v) is 22.5. The highest BCUT2D eigenvalue weighted by molar-refractivity contribution is 5.74. The van der Waals surface area contributed by atoms with E-state index in [1.54, 1.807) is 46.4 Å². The predicted octanol–water partition coefficient (Wildman–Crippen LogP) is 4.00. The lowest BCUT2D eigenvalue weighted by molar-refractivity contribution is 0.374. The summed E-state index contributed by atoms with van der Waals surface area (Å²) in [6.45, 7) is 5.34. The van der Waals surface area contributed by atoms with Crippen LogP contribution in [0.25, 0.3) is 0 Å². The quantitative estimate of drug-likeness (QED) is 0.259. The van der Waals surface area contributed by atoms with Crippen LogP contribution in [-0.4, -0.2) is 65.1 Å². The van der Waals surface area contributed by atoms with Gasteiger partial charge < -0.3 is 24.3 Å². The molecule has 4 aromatic rings. The van der Waals surface area contributed by atoms with Crippen LogP contribution in [0.15, 0.2) is 59.0 Å². The van der Waals surface area contributed by atoms with Gasteiger partial charge in [0.05, 0.1) is 32.6 Å². The Balaban J connectivity index is 1.74. The molecule has 0 aliphatic heterocycles. The number of aliphatic imine (C=N–C) groups is 2. The number of benzene rings is 1. The van der Waals surface area contributed by atoms with Gasteiger partial charge in [-0.25, -0.2) is 19.4 Å². The zero-order chi connectivity index (χ0) is 27.8. The molecule has 0 unspecified atom stereocenters. The molecule has 1 N–H and O–H groups in total. The summed E-state index contributed by atoms with van der Waals surface area (Å²) in [4.78, 5) is 19.5. The molecule has 11 nitrogen and oxygen atoms in total. The van der Waals surface area contributed by atoms with E-state index in [1.165, 1.54) is 20.3 Å². The highest BCUT2D eigenvalue weighted by Crippen LogP contribution is 2.38. The Hall–Kier alpha value is -4.58. The fraction of sp³-hybridized carbons (Fsp3) is 0.296. The standard InChI is InChI=1S/C27H32FN9O2/c1-29-10-12-36-13-11-32-25(36)18-37(22-14-20(38-4)15-23(39-5)26(22)28)24-7-6-21(27(30-2)34-24)31-9-8-19-16-33-35(3)17-19/h6-7,9,11,13-17,29H,2,8,10,12,18H2,1,3-5H3/b31-9-. The number of rotatable bonds is 13. The predicted molar refractivity (Wildman–Crippen MR) is 150 cm³/mol. The molecule has 12 heteroatoms. The summed E-state index contributed by atoms with van der Waals surface area (Å²) in [6.07, 6.45) is 9.69. The number of hydrogen-bond acceptors (Lipinski definition) is 9. The maximum absolute atomic E-state index is 15.7. The molecule has 0 radical (unpaired) electrons. The zero-order valence-electron chi connectivity index (χ0n) is 22.5. The van der Waals surface area contributed by atoms with Gasteiger partial charge in [0.1, 0.15) is 23.1 Å². The van der Waals surface area contributed by atoms with Crippen molar-refractivity contribution in [3.8, 4) is 11.5 Å². The van der Waals surface area contributed by atoms with Crippen LogP contribution >= 0.6 is 0 Å². The van der Waals surface area contributed by atoms with E-state index in [4.69, 9.17) is 14.5 Å². The lowest BCUT2D eigenvalue weighted by Crippen LogP contribution is -2.23. The molecule has 4 rings (SSSR count). The number of nitrogens with zero attached hydrogens (tertiary/aromatic N) is 8. The third-order valence-electron chi connectivity index (χ3n) is 6.03. The molecule has 0 bridgehead atoms. The second-order valence-corrected chi connectivity index (χ2v) is 8.60. The van der Waals surface area contributed by atoms with Crippen molar-refractivity contribution in [2.45, 2.75) is 19.5 Å². The first-order chi connectivity index (χ1) is 19.0. The van der Waals surface area contributed by atoms with Crippen LogP contribution in [0.1, 0.15) is 11.4 Å². The highest BCUT2D eigenvalue weighted by atomic mass is 19.1. The van der Waals surface area contributed by atoms with Gasteiger partial charge in [0.2, 0.25) is 0 Å². The van der Waals surface area contributed by atoms with Gasteiger partial charge in [0.15, 0.2) is 17.4 Å². The minimum atomic E-state index is -0.555. The first kappa shape index (κ1) is 27.5. The van der Waals surface area contributed by atoms with Crippen molar-refractivity contribution in [2.24, 2.45) is 17.0 Å². The van der Waals surface area contributed by atoms with Crippen LogP contribution in [0.3, 0.4) is 0 Å². The number of methoxy groups -OCH3 is 2. The molecule has 3 heterocycles. The van der Waals surface area contributed by atoms with Gasteiger partial charge in [-0.2, -0.15) is 5.10 Å². The van der Waals surface area contributed by atoms with Crippen LogP contribution in [0.4, 0.5) is 27.4 Å². The molecule has 0 saturated heterocycles. The molecule has 39 heavy (non-hydrogen) atoms. The van der Waals surface area contributed by atoms with Gasteiger partial charge in [-0.15, -0.1) is 0 Å². The van der Waals surface area contributed by atoms with E-state index in [-0.39, 0.29) is 18.0 Å². The summed E-state index contributed by atoms with van der Waals surface area (Å²) in [5, 5.41) is 7.30. The van der Waals surface area contributed by atoms with Crippen molar-refractivity contribution in [1.82, 2.24) is 29.6 Å². The Bertz CT molecular complexity index is 1450. The van der Waals surface area contributed by atoms with Crippen LogP contribution in [0.2, 0.25) is 0 Å². The number of pyridine rings is 1. The lowest BCUT2D eigenvalue weighted by atomic mass is 10.2. The SMILES string of the molecule is C=Nc1nc(N(Cc2nccn2CCNC)c2cc(OC)cc(OC)c2F)ccc1/N=C\Cc1cnn(C)c1. The third-order valence-corrected chi connectivity index (χ3v) is 6.03. The number of halogens is 1. The molecular weight excluding hydrogens is 501 g/mol. The Morgan fingerprint density at radius 2 is 2.08 bits per heavy atom. The van der Waals surface area contributed by atoms with Gasteiger partial charge in [0, 0.05) is 63.5 Å². The third kappa shape index (κ3) is 6.47. The van der Waals surface area contributed by atoms with Crippen LogP contribution in [0.5, 0.6) is 11.5 Å². The van der Waals surface area contributed by atoms with Crippen molar-refractivity contribution in [3.63, 3.8) is 0 Å². The molecule has 204 valence electrons. The maximum atomic E-state index is 15.7. The topological polar surface area (TPSA) is 107 Å². The molecule has 0 aliphatic rings. The second-order valence-electron chi connectivity index (χ2n) is 8.60. The van der Waals surface area contributed by atoms with E-state index in [2.05, 4.69) is 32.1 Å². The molecule has 0 spiro atoms. The molecule has 0 aliphatic carbocycles. The maximum Gasteiger partial charge on any atom is 0.188 e. The fourth-order valence-corrected chi connectivity index (χ4v) is 4.01. The van der Waals surface area contributed by atoms with Crippen molar-refractivity contribution < 1.29 is 13.9 Å². The van der Waals surface area contributed by atoms with Crippen LogP contribution < -0.4 is 19.7 Å². The Kier molecular flexibility index (Phi) is 9.00. The summed E-state index contributed by atoms with van der Waals surface area (Å²) >= 11 is 0. The van der Waals surface area contributed by atoms with E-state index in [0.29, 0.717) is 36.0 Å². The fourth-order valence-electron chi connectivity index (χ4n) is 4.01. The minimum absolute atomic E-state index is 0.0477. The Morgan fingerprint density at radius 3 is 2.77 bits per heavy atom. The number of anilines is 2. The number of likely N-dealkylation sites (N-methyl/N-ethyl adjacent to an activating group) is 1. The van der Waals surface area contributed by atoms with E-state index < -0.39 is 5.82 Å². The average Bonchev–Trinajstić information content (AvgIpc) is 3.59. The number of aryl methyl sites for hydroxylation is 1. The van der Waals surface area contributed by atoms with Crippen LogP contribution in [0, 0.1) is 5.82 Å². The van der Waals surface area contributed by atoms with Crippen LogP contribution in [-0.2, 0) is 26.6 Å². The number of hydrogen-bond donors (Lipinski definition) is 1. The van der Waals surface area contributed by atoms with Gasteiger partial charge in [-0.1, -0.05) is 0 Å². The molecule has 0 fully saturated rings. The first-order valence-electron chi connectivity index (χ1n) is 12.3. The summed E-state index contributed by atoms with van der Waals surface area (Å²) in [7, 11) is 6.67. The van der Waals surface area contributed by atoms with E-state index in [1.807, 2.05) is 31.1 Å². The molecule has 0 atom stereocenters. The first-order valence-corrected chi connectivity index (χ1v) is 12.3. The molecule has 3 aromatic heterocycles. The van der Waals surface area contributed by atoms with Crippen molar-refractivity contribution >= 4 is 35.9 Å². The van der Waals surface area contributed by atoms with Gasteiger partial charge in [-0.3, -0.25) is 9.67 Å². The monoisotopic (exact) mass is 533 g/mol. The van der Waals surface area contributed by atoms with Gasteiger partial charge in [0.25, 0.3) is 0 Å². The van der Waals surface area contributed by atoms with E-state index >= 15 is 4.39 Å². The summed E-state index contributed by atoms with van der Waals surface area (Å²) in [5.41, 5.74) is 1.78. The summed E-state index contributed by atoms with van der Waals surface area (Å²) in [6, 6.07) is 6.63. The van der Waals surface area contributed by atoms with E-state index in [9.17, 15) is 0 Å². The number of aromatic nitrogens is 5. The Morgan fingerprint density at radius 1 is 1.23 bits per heavy atom. The Labute approximate surface area is 226 Å². The molecule has 1 aromatic carbocycles. The largest absolute Gasteiger partial charge is 0.497 e. The number of imidazole rings is 1. The van der Waals surface area contributed by atoms with E-state index in [0.717, 1.165) is 17.9 Å². The smallest absolute Gasteiger partial charge is 0.188 e. The normalized spacial score (nSPS) is 11.2. The summed E-state index contributed by atoms with van der Waals surface area (Å²) < 4.78 is 30.1. The summed E-state index contributed by atoms with van der Waals surface area (Å²) in [5.74, 6) is 1.40. The lowest BCUT2D eigenvalue weighted by Gasteiger charge is -2.26. The molecule has 0 amide bonds. The molecule has 0 saturated carbocycles. The molecular formula is C27H32FN9O2. The van der Waals surface area contributed by atoms with Gasteiger partial charge >= 0.3 is 0 Å². The second kappa shape index (κ2) is 12.8. The minimum Gasteiger partial charge on any atom is -0.497 e.